The summed E-state index contributed by atoms with van der Waals surface area (Å²) in [5.74, 6) is 0. The van der Waals surface area contributed by atoms with Crippen LogP contribution in [0.1, 0.15) is 24.1 Å². The predicted molar refractivity (Wildman–Crippen MR) is 87.7 cm³/mol. The number of nitrogens with zero attached hydrogens (tertiary/aromatic N) is 2. The minimum Gasteiger partial charge on any atom is -0.377 e. The van der Waals surface area contributed by atoms with Crippen LogP contribution in [0.2, 0.25) is 0 Å². The number of non-ortho nitro benzene ring substituents is 1. The highest BCUT2D eigenvalue weighted by Gasteiger charge is 2.15. The summed E-state index contributed by atoms with van der Waals surface area (Å²) in [7, 11) is -3.81. The molecule has 0 heterocycles. The molecule has 2 rings (SSSR count). The Morgan fingerprint density at radius 2 is 2.00 bits per heavy atom. The molecule has 1 atom stereocenters. The number of nitriles is 1. The summed E-state index contributed by atoms with van der Waals surface area (Å²) in [5, 5.41) is 28.1. The molecular formula is C15H14N4O4S. The number of nitro benzene ring substituents is 1. The Bertz CT molecular complexity index is 935. The van der Waals surface area contributed by atoms with E-state index in [0.29, 0.717) is 11.3 Å². The Kier molecular flexibility index (Phi) is 4.82. The first-order valence-electron chi connectivity index (χ1n) is 6.80. The van der Waals surface area contributed by atoms with Gasteiger partial charge in [-0.15, -0.1) is 0 Å². The Morgan fingerprint density at radius 1 is 1.29 bits per heavy atom. The van der Waals surface area contributed by atoms with Gasteiger partial charge in [-0.2, -0.15) is 5.26 Å². The lowest BCUT2D eigenvalue weighted by Crippen LogP contribution is -2.14. The van der Waals surface area contributed by atoms with Crippen molar-refractivity contribution < 1.29 is 13.3 Å². The van der Waals surface area contributed by atoms with Crippen LogP contribution < -0.4 is 10.5 Å². The van der Waals surface area contributed by atoms with Crippen LogP contribution in [0, 0.1) is 21.4 Å². The number of sulfonamides is 1. The fourth-order valence-electron chi connectivity index (χ4n) is 2.14. The minimum atomic E-state index is -3.81. The normalized spacial score (nSPS) is 12.2. The molecule has 3 N–H and O–H groups in total. The Labute approximate surface area is 138 Å². The summed E-state index contributed by atoms with van der Waals surface area (Å²) >= 11 is 0. The molecule has 1 unspecified atom stereocenters. The first-order valence-corrected chi connectivity index (χ1v) is 8.35. The van der Waals surface area contributed by atoms with E-state index in [4.69, 9.17) is 10.4 Å². The molecule has 0 saturated carbocycles. The summed E-state index contributed by atoms with van der Waals surface area (Å²) in [6, 6.07) is 11.6. The van der Waals surface area contributed by atoms with Gasteiger partial charge in [-0.25, -0.2) is 13.6 Å². The van der Waals surface area contributed by atoms with Gasteiger partial charge in [-0.3, -0.25) is 10.1 Å². The van der Waals surface area contributed by atoms with Crippen molar-refractivity contribution in [1.29, 1.82) is 5.26 Å². The van der Waals surface area contributed by atoms with Crippen molar-refractivity contribution in [3.63, 3.8) is 0 Å². The molecule has 0 saturated heterocycles. The van der Waals surface area contributed by atoms with Crippen LogP contribution in [0.15, 0.2) is 47.4 Å². The van der Waals surface area contributed by atoms with Crippen molar-refractivity contribution in [1.82, 2.24) is 0 Å². The van der Waals surface area contributed by atoms with Crippen molar-refractivity contribution in [2.24, 2.45) is 5.14 Å². The van der Waals surface area contributed by atoms with Crippen molar-refractivity contribution in [2.75, 3.05) is 5.32 Å². The maximum atomic E-state index is 11.4. The molecule has 9 heteroatoms. The smallest absolute Gasteiger partial charge is 0.270 e. The molecule has 24 heavy (non-hydrogen) atoms. The standard InChI is InChI=1S/C15H14N4O4S/c1-10(11-3-2-4-14(8-11)24(17,22)23)18-15-6-5-13(19(20)21)7-12(15)9-16/h2-8,10,18H,1H3,(H2,17,22,23). The van der Waals surface area contributed by atoms with Crippen LogP contribution >= 0.6 is 0 Å². The van der Waals surface area contributed by atoms with E-state index in [1.165, 1.54) is 30.3 Å². The Morgan fingerprint density at radius 3 is 2.58 bits per heavy atom. The summed E-state index contributed by atoms with van der Waals surface area (Å²) < 4.78 is 22.8. The third kappa shape index (κ3) is 3.87. The predicted octanol–water partition coefficient (Wildman–Crippen LogP) is 2.29. The van der Waals surface area contributed by atoms with Crippen molar-refractivity contribution in [3.05, 3.63) is 63.7 Å². The molecular weight excluding hydrogens is 332 g/mol. The quantitative estimate of drug-likeness (QED) is 0.629. The van der Waals surface area contributed by atoms with Crippen LogP contribution in [0.3, 0.4) is 0 Å². The van der Waals surface area contributed by atoms with Gasteiger partial charge in [-0.1, -0.05) is 12.1 Å². The fourth-order valence-corrected chi connectivity index (χ4v) is 2.71. The summed E-state index contributed by atoms with van der Waals surface area (Å²) in [5.41, 5.74) is 1.00. The number of anilines is 1. The molecule has 0 fully saturated rings. The average molecular weight is 346 g/mol. The van der Waals surface area contributed by atoms with E-state index in [2.05, 4.69) is 5.32 Å². The number of hydrogen-bond donors (Lipinski definition) is 2. The van der Waals surface area contributed by atoms with Gasteiger partial charge in [0, 0.05) is 18.2 Å². The summed E-state index contributed by atoms with van der Waals surface area (Å²) in [6.45, 7) is 1.77. The zero-order valence-electron chi connectivity index (χ0n) is 12.6. The van der Waals surface area contributed by atoms with Crippen LogP contribution in [0.25, 0.3) is 0 Å². The van der Waals surface area contributed by atoms with E-state index < -0.39 is 14.9 Å². The number of rotatable bonds is 5. The topological polar surface area (TPSA) is 139 Å². The highest BCUT2D eigenvalue weighted by Crippen LogP contribution is 2.26. The van der Waals surface area contributed by atoms with Crippen LogP contribution in [0.5, 0.6) is 0 Å². The zero-order chi connectivity index (χ0) is 17.9. The van der Waals surface area contributed by atoms with Gasteiger partial charge in [0.05, 0.1) is 21.1 Å². The molecule has 0 aliphatic heterocycles. The second-order valence-corrected chi connectivity index (χ2v) is 6.64. The maximum absolute atomic E-state index is 11.4. The average Bonchev–Trinajstić information content (AvgIpc) is 2.54. The maximum Gasteiger partial charge on any atom is 0.270 e. The highest BCUT2D eigenvalue weighted by molar-refractivity contribution is 7.89. The molecule has 0 aliphatic rings. The second-order valence-electron chi connectivity index (χ2n) is 5.08. The lowest BCUT2D eigenvalue weighted by atomic mass is 10.1. The van der Waals surface area contributed by atoms with E-state index in [1.807, 2.05) is 6.07 Å². The molecule has 0 aromatic heterocycles. The molecule has 0 radical (unpaired) electrons. The van der Waals surface area contributed by atoms with Crippen molar-refractivity contribution in [2.45, 2.75) is 17.9 Å². The first kappa shape index (κ1) is 17.4. The molecule has 2 aromatic carbocycles. The summed E-state index contributed by atoms with van der Waals surface area (Å²) in [4.78, 5) is 10.2. The van der Waals surface area contributed by atoms with Gasteiger partial charge in [0.25, 0.3) is 5.69 Å². The lowest BCUT2D eigenvalue weighted by Gasteiger charge is -2.17. The SMILES string of the molecule is CC(Nc1ccc([N+](=O)[O-])cc1C#N)c1cccc(S(N)(=O)=O)c1. The van der Waals surface area contributed by atoms with Gasteiger partial charge in [0.1, 0.15) is 6.07 Å². The second kappa shape index (κ2) is 6.66. The Hall–Kier alpha value is -2.96. The Balaban J connectivity index is 2.32. The first-order chi connectivity index (χ1) is 11.2. The highest BCUT2D eigenvalue weighted by atomic mass is 32.2. The zero-order valence-corrected chi connectivity index (χ0v) is 13.4. The summed E-state index contributed by atoms with van der Waals surface area (Å²) in [6.07, 6.45) is 0. The number of benzene rings is 2. The van der Waals surface area contributed by atoms with Crippen molar-refractivity contribution in [3.8, 4) is 6.07 Å². The number of nitrogens with two attached hydrogens (primary N) is 1. The fraction of sp³-hybridized carbons (Fsp3) is 0.133. The molecule has 0 amide bonds. The monoisotopic (exact) mass is 346 g/mol. The number of hydrogen-bond acceptors (Lipinski definition) is 6. The molecule has 124 valence electrons. The molecule has 0 spiro atoms. The van der Waals surface area contributed by atoms with Gasteiger partial charge in [0.2, 0.25) is 10.0 Å². The number of nitrogens with one attached hydrogen (secondary N) is 1. The third-order valence-corrected chi connectivity index (χ3v) is 4.30. The van der Waals surface area contributed by atoms with E-state index in [-0.39, 0.29) is 22.2 Å². The molecule has 2 aromatic rings. The van der Waals surface area contributed by atoms with Gasteiger partial charge >= 0.3 is 0 Å². The van der Waals surface area contributed by atoms with E-state index >= 15 is 0 Å². The van der Waals surface area contributed by atoms with E-state index in [9.17, 15) is 18.5 Å². The third-order valence-electron chi connectivity index (χ3n) is 3.39. The van der Waals surface area contributed by atoms with Crippen LogP contribution in [-0.4, -0.2) is 13.3 Å². The lowest BCUT2D eigenvalue weighted by molar-refractivity contribution is -0.384. The van der Waals surface area contributed by atoms with E-state index in [0.717, 1.165) is 0 Å². The van der Waals surface area contributed by atoms with Crippen LogP contribution in [0.4, 0.5) is 11.4 Å². The molecule has 0 aliphatic carbocycles. The van der Waals surface area contributed by atoms with Crippen LogP contribution in [-0.2, 0) is 10.0 Å². The molecule has 0 bridgehead atoms. The largest absolute Gasteiger partial charge is 0.377 e. The van der Waals surface area contributed by atoms with E-state index in [1.54, 1.807) is 19.1 Å². The minimum absolute atomic E-state index is 0.0159. The van der Waals surface area contributed by atoms with Gasteiger partial charge in [-0.05, 0) is 30.7 Å². The van der Waals surface area contributed by atoms with Gasteiger partial charge < -0.3 is 5.32 Å². The van der Waals surface area contributed by atoms with Crippen molar-refractivity contribution >= 4 is 21.4 Å². The van der Waals surface area contributed by atoms with Gasteiger partial charge in [0.15, 0.2) is 0 Å². The number of primary sulfonamides is 1. The molecule has 8 nitrogen and oxygen atoms in total. The number of nitro groups is 1.